The van der Waals surface area contributed by atoms with Crippen molar-refractivity contribution in [2.24, 2.45) is 17.6 Å². The molecule has 2 fully saturated rings. The van der Waals surface area contributed by atoms with E-state index in [0.29, 0.717) is 17.4 Å². The summed E-state index contributed by atoms with van der Waals surface area (Å²) in [7, 11) is 0. The molecule has 1 aliphatic carbocycles. The third kappa shape index (κ3) is 3.22. The average molecular weight is 313 g/mol. The van der Waals surface area contributed by atoms with Crippen molar-refractivity contribution >= 4 is 18.3 Å². The number of halogens is 2. The van der Waals surface area contributed by atoms with Gasteiger partial charge in [-0.05, 0) is 55.4 Å². The van der Waals surface area contributed by atoms with E-state index in [2.05, 4.69) is 0 Å². The number of carbonyl (C=O) groups is 1. The van der Waals surface area contributed by atoms with E-state index in [9.17, 15) is 9.18 Å². The number of hydrogen-bond acceptors (Lipinski definition) is 2. The van der Waals surface area contributed by atoms with Crippen molar-refractivity contribution in [3.63, 3.8) is 0 Å². The van der Waals surface area contributed by atoms with E-state index < -0.39 is 0 Å². The monoisotopic (exact) mass is 312 g/mol. The number of carbonyl (C=O) groups excluding carboxylic acids is 1. The summed E-state index contributed by atoms with van der Waals surface area (Å²) in [4.78, 5) is 14.4. The highest BCUT2D eigenvalue weighted by Crippen LogP contribution is 2.36. The molecule has 0 bridgehead atoms. The van der Waals surface area contributed by atoms with Gasteiger partial charge in [0.1, 0.15) is 5.82 Å². The topological polar surface area (TPSA) is 46.3 Å². The van der Waals surface area contributed by atoms with Gasteiger partial charge in [0.05, 0.1) is 0 Å². The minimum atomic E-state index is -0.346. The maximum atomic E-state index is 13.4. The van der Waals surface area contributed by atoms with Crippen LogP contribution in [0.3, 0.4) is 0 Å². The molecule has 3 nitrogen and oxygen atoms in total. The SMILES string of the molecule is Cc1cc(F)cc(C(=O)N2CC3CCCC(N)C3C2)c1.Cl. The maximum absolute atomic E-state index is 13.4. The number of nitrogens with two attached hydrogens (primary N) is 1. The van der Waals surface area contributed by atoms with Crippen LogP contribution < -0.4 is 5.73 Å². The van der Waals surface area contributed by atoms with Crippen LogP contribution in [-0.2, 0) is 0 Å². The molecule has 116 valence electrons. The molecule has 3 unspecified atom stereocenters. The van der Waals surface area contributed by atoms with Crippen molar-refractivity contribution in [1.82, 2.24) is 4.90 Å². The Labute approximate surface area is 131 Å². The zero-order valence-corrected chi connectivity index (χ0v) is 13.0. The fraction of sp³-hybridized carbons (Fsp3) is 0.562. The summed E-state index contributed by atoms with van der Waals surface area (Å²) in [6.07, 6.45) is 3.37. The third-order valence-corrected chi connectivity index (χ3v) is 4.73. The number of fused-ring (bicyclic) bond motifs is 1. The van der Waals surface area contributed by atoms with Crippen molar-refractivity contribution in [2.75, 3.05) is 13.1 Å². The second-order valence-electron chi connectivity index (χ2n) is 6.25. The number of amides is 1. The van der Waals surface area contributed by atoms with E-state index in [0.717, 1.165) is 37.9 Å². The molecule has 0 radical (unpaired) electrons. The quantitative estimate of drug-likeness (QED) is 0.866. The van der Waals surface area contributed by atoms with Gasteiger partial charge in [0.15, 0.2) is 0 Å². The predicted octanol–water partition coefficient (Wildman–Crippen LogP) is 2.76. The summed E-state index contributed by atoms with van der Waals surface area (Å²) >= 11 is 0. The van der Waals surface area contributed by atoms with E-state index in [1.807, 2.05) is 4.90 Å². The van der Waals surface area contributed by atoms with E-state index in [1.165, 1.54) is 12.1 Å². The van der Waals surface area contributed by atoms with Crippen LogP contribution in [-0.4, -0.2) is 29.9 Å². The van der Waals surface area contributed by atoms with Crippen LogP contribution in [0.5, 0.6) is 0 Å². The summed E-state index contributed by atoms with van der Waals surface area (Å²) in [5.41, 5.74) is 7.40. The maximum Gasteiger partial charge on any atom is 0.253 e. The summed E-state index contributed by atoms with van der Waals surface area (Å²) in [5.74, 6) is 0.538. The summed E-state index contributed by atoms with van der Waals surface area (Å²) in [6, 6.07) is 4.74. The van der Waals surface area contributed by atoms with Gasteiger partial charge in [-0.3, -0.25) is 4.79 Å². The Balaban J connectivity index is 0.00000161. The van der Waals surface area contributed by atoms with Gasteiger partial charge in [-0.2, -0.15) is 0 Å². The molecule has 2 N–H and O–H groups in total. The van der Waals surface area contributed by atoms with Crippen molar-refractivity contribution in [1.29, 1.82) is 0 Å². The van der Waals surface area contributed by atoms with Crippen LogP contribution >= 0.6 is 12.4 Å². The molecule has 3 atom stereocenters. The van der Waals surface area contributed by atoms with Crippen molar-refractivity contribution in [3.05, 3.63) is 35.1 Å². The number of benzene rings is 1. The van der Waals surface area contributed by atoms with E-state index >= 15 is 0 Å². The molecule has 1 amide bonds. The van der Waals surface area contributed by atoms with Crippen LogP contribution in [0.1, 0.15) is 35.2 Å². The van der Waals surface area contributed by atoms with Gasteiger partial charge in [-0.1, -0.05) is 6.42 Å². The molecule has 1 aromatic carbocycles. The Kier molecular flexibility index (Phi) is 4.89. The molecule has 0 aromatic heterocycles. The molecule has 1 saturated carbocycles. The van der Waals surface area contributed by atoms with Crippen molar-refractivity contribution in [3.8, 4) is 0 Å². The first kappa shape index (κ1) is 16.2. The first-order valence-corrected chi connectivity index (χ1v) is 7.36. The fourth-order valence-electron chi connectivity index (χ4n) is 3.72. The first-order chi connectivity index (χ1) is 9.54. The van der Waals surface area contributed by atoms with E-state index in [4.69, 9.17) is 5.73 Å². The Hall–Kier alpha value is -1.13. The van der Waals surface area contributed by atoms with Gasteiger partial charge in [0.2, 0.25) is 0 Å². The van der Waals surface area contributed by atoms with Gasteiger partial charge in [0.25, 0.3) is 5.91 Å². The number of nitrogens with zero attached hydrogens (tertiary/aromatic N) is 1. The lowest BCUT2D eigenvalue weighted by Crippen LogP contribution is -2.38. The molecule has 3 rings (SSSR count). The number of likely N-dealkylation sites (tertiary alicyclic amines) is 1. The number of aryl methyl sites for hydroxylation is 1. The molecule has 1 heterocycles. The molecule has 1 aliphatic heterocycles. The van der Waals surface area contributed by atoms with Crippen LogP contribution in [0.4, 0.5) is 4.39 Å². The van der Waals surface area contributed by atoms with Gasteiger partial charge in [-0.15, -0.1) is 12.4 Å². The minimum Gasteiger partial charge on any atom is -0.338 e. The summed E-state index contributed by atoms with van der Waals surface area (Å²) in [6.45, 7) is 3.30. The zero-order valence-electron chi connectivity index (χ0n) is 12.2. The molecular weight excluding hydrogens is 291 g/mol. The minimum absolute atomic E-state index is 0. The number of rotatable bonds is 1. The second kappa shape index (κ2) is 6.32. The smallest absolute Gasteiger partial charge is 0.253 e. The van der Waals surface area contributed by atoms with Crippen LogP contribution in [0.15, 0.2) is 18.2 Å². The fourth-order valence-corrected chi connectivity index (χ4v) is 3.72. The lowest BCUT2D eigenvalue weighted by atomic mass is 9.78. The Morgan fingerprint density at radius 3 is 2.71 bits per heavy atom. The second-order valence-corrected chi connectivity index (χ2v) is 6.25. The lowest BCUT2D eigenvalue weighted by molar-refractivity contribution is 0.0783. The lowest BCUT2D eigenvalue weighted by Gasteiger charge is -2.29. The normalized spacial score (nSPS) is 28.0. The standard InChI is InChI=1S/C16H21FN2O.ClH/c1-10-5-12(7-13(17)6-10)16(20)19-8-11-3-2-4-15(18)14(11)9-19;/h5-7,11,14-15H,2-4,8-9,18H2,1H3;1H. The molecule has 21 heavy (non-hydrogen) atoms. The highest BCUT2D eigenvalue weighted by Gasteiger charge is 2.40. The summed E-state index contributed by atoms with van der Waals surface area (Å²) in [5, 5.41) is 0. The molecule has 1 saturated heterocycles. The van der Waals surface area contributed by atoms with Gasteiger partial charge >= 0.3 is 0 Å². The highest BCUT2D eigenvalue weighted by molar-refractivity contribution is 5.94. The molecule has 0 spiro atoms. The van der Waals surface area contributed by atoms with Crippen molar-refractivity contribution < 1.29 is 9.18 Å². The number of hydrogen-bond donors (Lipinski definition) is 1. The predicted molar refractivity (Wildman–Crippen MR) is 83.1 cm³/mol. The van der Waals surface area contributed by atoms with Crippen LogP contribution in [0.25, 0.3) is 0 Å². The Bertz CT molecular complexity index is 517. The molecule has 1 aromatic rings. The molecule has 5 heteroatoms. The largest absolute Gasteiger partial charge is 0.338 e. The highest BCUT2D eigenvalue weighted by atomic mass is 35.5. The molecule has 2 aliphatic rings. The average Bonchev–Trinajstić information content (AvgIpc) is 2.82. The van der Waals surface area contributed by atoms with Gasteiger partial charge in [0, 0.05) is 24.7 Å². The zero-order chi connectivity index (χ0) is 14.3. The van der Waals surface area contributed by atoms with Gasteiger partial charge in [-0.25, -0.2) is 4.39 Å². The Morgan fingerprint density at radius 2 is 2.05 bits per heavy atom. The van der Waals surface area contributed by atoms with Crippen LogP contribution in [0, 0.1) is 24.6 Å². The van der Waals surface area contributed by atoms with E-state index in [-0.39, 0.29) is 30.2 Å². The van der Waals surface area contributed by atoms with Crippen LogP contribution in [0.2, 0.25) is 0 Å². The summed E-state index contributed by atoms with van der Waals surface area (Å²) < 4.78 is 13.4. The first-order valence-electron chi connectivity index (χ1n) is 7.36. The van der Waals surface area contributed by atoms with Crippen molar-refractivity contribution in [2.45, 2.75) is 32.2 Å². The third-order valence-electron chi connectivity index (χ3n) is 4.73. The van der Waals surface area contributed by atoms with Gasteiger partial charge < -0.3 is 10.6 Å². The Morgan fingerprint density at radius 1 is 1.29 bits per heavy atom. The molecular formula is C16H22ClFN2O. The van der Waals surface area contributed by atoms with E-state index in [1.54, 1.807) is 13.0 Å².